The minimum atomic E-state index is -0.643. The van der Waals surface area contributed by atoms with Gasteiger partial charge in [-0.1, -0.05) is 62.7 Å². The van der Waals surface area contributed by atoms with Crippen molar-refractivity contribution in [3.8, 4) is 11.3 Å². The first-order valence-electron chi connectivity index (χ1n) is 10.6. The van der Waals surface area contributed by atoms with E-state index in [0.29, 0.717) is 34.5 Å². The van der Waals surface area contributed by atoms with Crippen LogP contribution in [-0.4, -0.2) is 20.3 Å². The van der Waals surface area contributed by atoms with Gasteiger partial charge in [-0.3, -0.25) is 9.59 Å². The summed E-state index contributed by atoms with van der Waals surface area (Å²) in [6.45, 7) is 6.48. The number of benzene rings is 1. The van der Waals surface area contributed by atoms with Crippen LogP contribution in [0.2, 0.25) is 4.34 Å². The summed E-state index contributed by atoms with van der Waals surface area (Å²) >= 11 is 7.51. The van der Waals surface area contributed by atoms with Gasteiger partial charge in [-0.15, -0.1) is 11.3 Å². The van der Waals surface area contributed by atoms with Gasteiger partial charge < -0.3 is 9.88 Å². The second-order valence-electron chi connectivity index (χ2n) is 8.78. The third-order valence-electron chi connectivity index (χ3n) is 5.11. The third-order valence-corrected chi connectivity index (χ3v) is 6.34. The van der Waals surface area contributed by atoms with Crippen molar-refractivity contribution in [1.82, 2.24) is 14.3 Å². The molecule has 170 valence electrons. The van der Waals surface area contributed by atoms with Crippen LogP contribution in [0.5, 0.6) is 0 Å². The summed E-state index contributed by atoms with van der Waals surface area (Å²) in [6.07, 6.45) is 1.76. The van der Waals surface area contributed by atoms with Crippen LogP contribution in [0.15, 0.2) is 71.7 Å². The lowest BCUT2D eigenvalue weighted by atomic mass is 9.96. The number of rotatable bonds is 6. The smallest absolute Gasteiger partial charge is 0.260 e. The number of aromatic nitrogens is 3. The normalized spacial score (nSPS) is 11.5. The van der Waals surface area contributed by atoms with Crippen molar-refractivity contribution in [3.63, 3.8) is 0 Å². The summed E-state index contributed by atoms with van der Waals surface area (Å²) in [5.41, 5.74) is 1.12. The number of thiophene rings is 1. The van der Waals surface area contributed by atoms with Crippen LogP contribution in [0.3, 0.4) is 0 Å². The van der Waals surface area contributed by atoms with Gasteiger partial charge in [0, 0.05) is 22.6 Å². The quantitative estimate of drug-likeness (QED) is 0.380. The maximum absolute atomic E-state index is 13.2. The number of carbonyl (C=O) groups is 1. The number of carbonyl (C=O) groups excluding carboxylic acids is 1. The Labute approximate surface area is 201 Å². The minimum absolute atomic E-state index is 0.161. The lowest BCUT2D eigenvalue weighted by Gasteiger charge is -2.18. The highest BCUT2D eigenvalue weighted by atomic mass is 35.5. The summed E-state index contributed by atoms with van der Waals surface area (Å²) in [4.78, 5) is 27.4. The number of nitrogens with zero attached hydrogens (tertiary/aromatic N) is 3. The first kappa shape index (κ1) is 23.0. The summed E-state index contributed by atoms with van der Waals surface area (Å²) in [7, 11) is 0. The number of anilines is 1. The van der Waals surface area contributed by atoms with Crippen molar-refractivity contribution in [3.05, 3.63) is 92.0 Å². The van der Waals surface area contributed by atoms with Crippen LogP contribution in [0, 0.1) is 5.41 Å². The molecular weight excluding hydrogens is 456 g/mol. The Kier molecular flexibility index (Phi) is 6.54. The molecule has 33 heavy (non-hydrogen) atoms. The predicted molar refractivity (Wildman–Crippen MR) is 134 cm³/mol. The largest absolute Gasteiger partial charge is 0.365 e. The second-order valence-corrected chi connectivity index (χ2v) is 10.6. The van der Waals surface area contributed by atoms with Gasteiger partial charge in [0.05, 0.1) is 23.0 Å². The van der Waals surface area contributed by atoms with E-state index >= 15 is 0 Å². The molecule has 0 atom stereocenters. The highest BCUT2D eigenvalue weighted by Crippen LogP contribution is 2.26. The fourth-order valence-electron chi connectivity index (χ4n) is 3.37. The van der Waals surface area contributed by atoms with Crippen molar-refractivity contribution in [2.24, 2.45) is 5.41 Å². The fourth-order valence-corrected chi connectivity index (χ4v) is 4.40. The van der Waals surface area contributed by atoms with Gasteiger partial charge in [0.15, 0.2) is 0 Å². The molecule has 1 aromatic carbocycles. The lowest BCUT2D eigenvalue weighted by molar-refractivity contribution is 0.0752. The van der Waals surface area contributed by atoms with Crippen molar-refractivity contribution in [2.75, 3.05) is 5.32 Å². The van der Waals surface area contributed by atoms with Crippen molar-refractivity contribution < 1.29 is 4.79 Å². The molecule has 3 heterocycles. The average molecular weight is 481 g/mol. The molecule has 0 aliphatic carbocycles. The van der Waals surface area contributed by atoms with Crippen LogP contribution in [-0.2, 0) is 13.1 Å². The molecule has 8 heteroatoms. The molecule has 0 radical (unpaired) electrons. The molecule has 0 saturated heterocycles. The number of halogens is 1. The van der Waals surface area contributed by atoms with Crippen LogP contribution < -0.4 is 10.9 Å². The standard InChI is InChI=1S/C25H25ClN4O2S/c1-25(2,3)24(32)30-22(27-15-18-11-12-21(26)33-18)14-20(28-30)19-10-7-13-29(23(19)31)16-17-8-5-4-6-9-17/h4-14,27H,15-16H2,1-3H3. The van der Waals surface area contributed by atoms with Gasteiger partial charge in [0.25, 0.3) is 11.5 Å². The summed E-state index contributed by atoms with van der Waals surface area (Å²) in [5, 5.41) is 7.82. The summed E-state index contributed by atoms with van der Waals surface area (Å²) in [6, 6.07) is 18.9. The molecule has 4 rings (SSSR count). The highest BCUT2D eigenvalue weighted by molar-refractivity contribution is 7.16. The van der Waals surface area contributed by atoms with Gasteiger partial charge in [0.1, 0.15) is 11.5 Å². The van der Waals surface area contributed by atoms with E-state index in [1.807, 2.05) is 69.3 Å². The zero-order chi connectivity index (χ0) is 23.6. The van der Waals surface area contributed by atoms with Crippen LogP contribution in [0.4, 0.5) is 5.82 Å². The topological polar surface area (TPSA) is 68.9 Å². The van der Waals surface area contributed by atoms with Crippen molar-refractivity contribution in [1.29, 1.82) is 0 Å². The first-order valence-corrected chi connectivity index (χ1v) is 11.8. The summed E-state index contributed by atoms with van der Waals surface area (Å²) < 4.78 is 3.71. The Bertz CT molecular complexity index is 1330. The van der Waals surface area contributed by atoms with E-state index in [1.165, 1.54) is 16.0 Å². The number of pyridine rings is 1. The molecule has 0 spiro atoms. The predicted octanol–water partition coefficient (Wildman–Crippen LogP) is 5.77. The molecule has 4 aromatic rings. The molecule has 0 saturated carbocycles. The molecule has 6 nitrogen and oxygen atoms in total. The third kappa shape index (κ3) is 5.26. The van der Waals surface area contributed by atoms with Crippen molar-refractivity contribution in [2.45, 2.75) is 33.9 Å². The Hall–Kier alpha value is -3.16. The van der Waals surface area contributed by atoms with E-state index in [9.17, 15) is 9.59 Å². The zero-order valence-electron chi connectivity index (χ0n) is 18.7. The summed E-state index contributed by atoms with van der Waals surface area (Å²) in [5.74, 6) is 0.369. The van der Waals surface area contributed by atoms with Gasteiger partial charge >= 0.3 is 0 Å². The average Bonchev–Trinajstić information content (AvgIpc) is 3.39. The van der Waals surface area contributed by atoms with Crippen LogP contribution in [0.25, 0.3) is 11.3 Å². The van der Waals surface area contributed by atoms with Gasteiger partial charge in [-0.2, -0.15) is 9.78 Å². The Morgan fingerprint density at radius 2 is 1.85 bits per heavy atom. The SMILES string of the molecule is CC(C)(C)C(=O)n1nc(-c2cccn(Cc3ccccc3)c2=O)cc1NCc1ccc(Cl)s1. The number of hydrogen-bond acceptors (Lipinski definition) is 5. The van der Waals surface area contributed by atoms with E-state index < -0.39 is 5.41 Å². The maximum atomic E-state index is 13.2. The lowest BCUT2D eigenvalue weighted by Crippen LogP contribution is -2.29. The van der Waals surface area contributed by atoms with Crippen LogP contribution >= 0.6 is 22.9 Å². The Morgan fingerprint density at radius 3 is 2.52 bits per heavy atom. The first-order chi connectivity index (χ1) is 15.7. The number of nitrogens with one attached hydrogen (secondary N) is 1. The Morgan fingerprint density at radius 1 is 1.09 bits per heavy atom. The Balaban J connectivity index is 1.70. The highest BCUT2D eigenvalue weighted by Gasteiger charge is 2.27. The maximum Gasteiger partial charge on any atom is 0.260 e. The van der Waals surface area contributed by atoms with E-state index in [1.54, 1.807) is 22.9 Å². The molecule has 0 bridgehead atoms. The number of hydrogen-bond donors (Lipinski definition) is 1. The van der Waals surface area contributed by atoms with E-state index in [0.717, 1.165) is 10.4 Å². The molecule has 0 aliphatic rings. The zero-order valence-corrected chi connectivity index (χ0v) is 20.3. The monoisotopic (exact) mass is 480 g/mol. The molecule has 0 unspecified atom stereocenters. The van der Waals surface area contributed by atoms with Crippen molar-refractivity contribution >= 4 is 34.7 Å². The molecule has 0 fully saturated rings. The van der Waals surface area contributed by atoms with Gasteiger partial charge in [0.2, 0.25) is 0 Å². The van der Waals surface area contributed by atoms with Gasteiger partial charge in [-0.05, 0) is 29.8 Å². The van der Waals surface area contributed by atoms with E-state index in [4.69, 9.17) is 11.6 Å². The molecular formula is C25H25ClN4O2S. The second kappa shape index (κ2) is 9.37. The van der Waals surface area contributed by atoms with E-state index in [2.05, 4.69) is 10.4 Å². The van der Waals surface area contributed by atoms with E-state index in [-0.39, 0.29) is 11.5 Å². The van der Waals surface area contributed by atoms with Crippen LogP contribution in [0.1, 0.15) is 36.0 Å². The molecule has 0 amide bonds. The molecule has 0 aliphatic heterocycles. The fraction of sp³-hybridized carbons (Fsp3) is 0.240. The van der Waals surface area contributed by atoms with Gasteiger partial charge in [-0.25, -0.2) is 0 Å². The molecule has 1 N–H and O–H groups in total. The minimum Gasteiger partial charge on any atom is -0.365 e. The molecule has 3 aromatic heterocycles.